The zero-order valence-electron chi connectivity index (χ0n) is 2.45. The van der Waals surface area contributed by atoms with Crippen molar-refractivity contribution in [1.82, 2.24) is 0 Å². The molecule has 0 saturated carbocycles. The van der Waals surface area contributed by atoms with Gasteiger partial charge in [0.15, 0.2) is 0 Å². The Bertz CT molecular complexity index is 90.7. The van der Waals surface area contributed by atoms with E-state index in [1.54, 1.807) is 0 Å². The normalized spacial score (nSPS) is 9.67. The van der Waals surface area contributed by atoms with Crippen molar-refractivity contribution >= 4 is 0 Å². The molecule has 41 valence electrons. The topological polar surface area (TPSA) is 74.6 Å². The average molecular weight is 177 g/mol. The molecule has 0 aromatic carbocycles. The van der Waals surface area contributed by atoms with Gasteiger partial charge in [0.1, 0.15) is 0 Å². The molecule has 0 saturated heterocycles. The van der Waals surface area contributed by atoms with Gasteiger partial charge in [-0.2, -0.15) is 0 Å². The van der Waals surface area contributed by atoms with Crippen molar-refractivity contribution in [3.05, 3.63) is 0 Å². The molecule has 0 unspecified atom stereocenters. The third-order valence-corrected chi connectivity index (χ3v) is 0. The van der Waals surface area contributed by atoms with E-state index in [9.17, 15) is 0 Å². The van der Waals surface area contributed by atoms with Crippen LogP contribution in [0.1, 0.15) is 0 Å². The van der Waals surface area contributed by atoms with Gasteiger partial charge >= 0.3 is 29.5 Å². The summed E-state index contributed by atoms with van der Waals surface area (Å²) in [5.41, 5.74) is 0. The summed E-state index contributed by atoms with van der Waals surface area (Å²) in [6, 6.07) is 0. The van der Waals surface area contributed by atoms with Gasteiger partial charge in [-0.15, -0.1) is 0 Å². The first-order valence-corrected chi connectivity index (χ1v) is 2.88. The summed E-state index contributed by atoms with van der Waals surface area (Å²) < 4.78 is 31.9. The predicted molar refractivity (Wildman–Crippen MR) is 5.81 cm³/mol. The summed E-state index contributed by atoms with van der Waals surface area (Å²) in [6.07, 6.45) is 0. The first-order chi connectivity index (χ1) is 2.00. The molecular weight excluding hydrogens is 175 g/mol. The van der Waals surface area contributed by atoms with Gasteiger partial charge in [-0.25, -0.2) is 0 Å². The molecule has 0 aliphatic carbocycles. The zero-order valence-corrected chi connectivity index (χ0v) is 4.77. The molecule has 0 heterocycles. The van der Waals surface area contributed by atoms with Gasteiger partial charge in [0.25, 0.3) is 0 Å². The minimum absolute atomic E-state index is 0. The van der Waals surface area contributed by atoms with Crippen molar-refractivity contribution in [2.75, 3.05) is 0 Å². The Morgan fingerprint density at radius 3 is 1.17 bits per heavy atom. The maximum atomic E-state index is 8.82. The van der Waals surface area contributed by atoms with E-state index in [0.29, 0.717) is 0 Å². The SMILES string of the molecule is [Co].[O]=[Cr](=[O])([OH])[OH]. The molecule has 6 heteroatoms. The number of rotatable bonds is 0. The van der Waals surface area contributed by atoms with E-state index in [-0.39, 0.29) is 16.8 Å². The quantitative estimate of drug-likeness (QED) is 0.479. The molecule has 0 rings (SSSR count). The number of hydrogen-bond acceptors (Lipinski definition) is 2. The van der Waals surface area contributed by atoms with Crippen LogP contribution in [0.5, 0.6) is 0 Å². The van der Waals surface area contributed by atoms with Gasteiger partial charge in [0.2, 0.25) is 0 Å². The van der Waals surface area contributed by atoms with Crippen molar-refractivity contribution in [1.29, 1.82) is 0 Å². The van der Waals surface area contributed by atoms with E-state index in [4.69, 9.17) is 15.9 Å². The fraction of sp³-hybridized carbons (Fsp3) is 0. The van der Waals surface area contributed by atoms with Crippen molar-refractivity contribution in [2.45, 2.75) is 0 Å². The second-order valence-electron chi connectivity index (χ2n) is 0.448. The first kappa shape index (κ1) is 9.75. The maximum absolute atomic E-state index is 8.82. The van der Waals surface area contributed by atoms with Crippen LogP contribution in [0.15, 0.2) is 0 Å². The number of hydrogen-bond donors (Lipinski definition) is 2. The second kappa shape index (κ2) is 2.69. The molecule has 0 aliphatic heterocycles. The third-order valence-electron chi connectivity index (χ3n) is 0. The van der Waals surface area contributed by atoms with Crippen molar-refractivity contribution in [3.63, 3.8) is 0 Å². The molecule has 4 nitrogen and oxygen atoms in total. The Morgan fingerprint density at radius 1 is 1.17 bits per heavy atom. The van der Waals surface area contributed by atoms with Gasteiger partial charge in [-0.3, -0.25) is 0 Å². The average Bonchev–Trinajstić information content (AvgIpc) is 0.722. The minimum atomic E-state index is -5.25. The molecule has 0 fully saturated rings. The third kappa shape index (κ3) is 185. The van der Waals surface area contributed by atoms with Crippen LogP contribution >= 0.6 is 0 Å². The van der Waals surface area contributed by atoms with E-state index >= 15 is 0 Å². The molecule has 0 aromatic heterocycles. The van der Waals surface area contributed by atoms with Crippen molar-refractivity contribution in [2.24, 2.45) is 0 Å². The van der Waals surface area contributed by atoms with E-state index in [2.05, 4.69) is 0 Å². The molecule has 6 heavy (non-hydrogen) atoms. The Morgan fingerprint density at radius 2 is 1.17 bits per heavy atom. The Hall–Kier alpha value is 0.559. The fourth-order valence-corrected chi connectivity index (χ4v) is 0. The van der Waals surface area contributed by atoms with E-state index < -0.39 is 13.6 Å². The standard InChI is InChI=1S/Co.Cr.2H2O.2O/h;;2*1H2;;/q;+2;;;;/p-2. The predicted octanol–water partition coefficient (Wildman–Crippen LogP) is -1.36. The summed E-state index contributed by atoms with van der Waals surface area (Å²) in [6.45, 7) is 0. The molecule has 0 spiro atoms. The summed E-state index contributed by atoms with van der Waals surface area (Å²) in [5, 5.41) is 0. The molecule has 0 atom stereocenters. The Balaban J connectivity index is 0. The van der Waals surface area contributed by atoms with Crippen LogP contribution in [0.4, 0.5) is 0 Å². The zero-order chi connectivity index (χ0) is 4.50. The van der Waals surface area contributed by atoms with Crippen LogP contribution in [0.3, 0.4) is 0 Å². The van der Waals surface area contributed by atoms with Gasteiger partial charge in [-0.1, -0.05) is 0 Å². The van der Waals surface area contributed by atoms with Gasteiger partial charge in [0, 0.05) is 16.8 Å². The summed E-state index contributed by atoms with van der Waals surface area (Å²) in [5.74, 6) is 0. The summed E-state index contributed by atoms with van der Waals surface area (Å²) in [4.78, 5) is 0. The van der Waals surface area contributed by atoms with Crippen LogP contribution in [0.2, 0.25) is 0 Å². The monoisotopic (exact) mass is 177 g/mol. The fourth-order valence-electron chi connectivity index (χ4n) is 0. The Kier molecular flexibility index (Phi) is 4.37. The second-order valence-corrected chi connectivity index (χ2v) is 1.85. The van der Waals surface area contributed by atoms with Crippen LogP contribution < -0.4 is 0 Å². The summed E-state index contributed by atoms with van der Waals surface area (Å²) in [7, 11) is 0. The molecular formula is H2CoCrO4. The van der Waals surface area contributed by atoms with Crippen molar-refractivity contribution in [3.8, 4) is 0 Å². The van der Waals surface area contributed by atoms with E-state index in [0.717, 1.165) is 0 Å². The van der Waals surface area contributed by atoms with Gasteiger partial charge < -0.3 is 0 Å². The first-order valence-electron chi connectivity index (χ1n) is 0.698. The van der Waals surface area contributed by atoms with Crippen molar-refractivity contribution < 1.29 is 46.3 Å². The Labute approximate surface area is 46.8 Å². The van der Waals surface area contributed by atoms with Crippen LogP contribution in [0, 0.1) is 0 Å². The van der Waals surface area contributed by atoms with E-state index in [1.165, 1.54) is 0 Å². The van der Waals surface area contributed by atoms with Gasteiger partial charge in [0.05, 0.1) is 0 Å². The van der Waals surface area contributed by atoms with Crippen LogP contribution in [0.25, 0.3) is 0 Å². The molecule has 0 aromatic rings. The molecule has 0 amide bonds. The molecule has 2 N–H and O–H groups in total. The van der Waals surface area contributed by atoms with Crippen LogP contribution in [-0.2, 0) is 38.0 Å². The molecule has 0 bridgehead atoms. The molecule has 0 aliphatic rings. The summed E-state index contributed by atoms with van der Waals surface area (Å²) >= 11 is -5.25. The van der Waals surface area contributed by atoms with E-state index in [1.807, 2.05) is 0 Å². The van der Waals surface area contributed by atoms with Gasteiger partial charge in [-0.05, 0) is 0 Å². The molecule has 1 radical (unpaired) electrons. The van der Waals surface area contributed by atoms with Crippen LogP contribution in [-0.4, -0.2) is 8.32 Å².